The van der Waals surface area contributed by atoms with E-state index >= 15 is 0 Å². The van der Waals surface area contributed by atoms with Crippen molar-refractivity contribution in [3.05, 3.63) is 53.1 Å². The Morgan fingerprint density at radius 3 is 2.46 bits per heavy atom. The van der Waals surface area contributed by atoms with Crippen LogP contribution in [0.1, 0.15) is 42.5 Å². The van der Waals surface area contributed by atoms with Gasteiger partial charge in [-0.25, -0.2) is 13.1 Å². The molecule has 5 nitrogen and oxygen atoms in total. The lowest BCUT2D eigenvalue weighted by atomic mass is 9.89. The van der Waals surface area contributed by atoms with Crippen molar-refractivity contribution in [1.29, 1.82) is 0 Å². The zero-order chi connectivity index (χ0) is 18.1. The van der Waals surface area contributed by atoms with Crippen LogP contribution in [-0.2, 0) is 22.9 Å². The Morgan fingerprint density at radius 1 is 0.923 bits per heavy atom. The lowest BCUT2D eigenvalue weighted by Crippen LogP contribution is -2.27. The van der Waals surface area contributed by atoms with E-state index < -0.39 is 10.0 Å². The number of rotatable bonds is 4. The van der Waals surface area contributed by atoms with Crippen molar-refractivity contribution in [3.63, 3.8) is 0 Å². The van der Waals surface area contributed by atoms with Gasteiger partial charge in [-0.05, 0) is 61.4 Å². The van der Waals surface area contributed by atoms with Gasteiger partial charge < -0.3 is 9.47 Å². The highest BCUT2D eigenvalue weighted by molar-refractivity contribution is 7.89. The Morgan fingerprint density at radius 2 is 1.65 bits per heavy atom. The predicted molar refractivity (Wildman–Crippen MR) is 99.3 cm³/mol. The third kappa shape index (κ3) is 3.44. The summed E-state index contributed by atoms with van der Waals surface area (Å²) in [7, 11) is -3.65. The van der Waals surface area contributed by atoms with Crippen LogP contribution in [-0.4, -0.2) is 21.6 Å². The molecule has 1 atom stereocenters. The molecule has 4 rings (SSSR count). The first-order valence-electron chi connectivity index (χ1n) is 9.07. The first kappa shape index (κ1) is 17.4. The summed E-state index contributed by atoms with van der Waals surface area (Å²) in [5.41, 5.74) is 3.73. The Hall–Kier alpha value is -2.05. The molecule has 0 bridgehead atoms. The fourth-order valence-electron chi connectivity index (χ4n) is 3.58. The van der Waals surface area contributed by atoms with Crippen LogP contribution in [0.3, 0.4) is 0 Å². The van der Waals surface area contributed by atoms with Crippen molar-refractivity contribution < 1.29 is 17.9 Å². The first-order chi connectivity index (χ1) is 12.5. The second-order valence-corrected chi connectivity index (χ2v) is 8.60. The molecule has 1 aliphatic carbocycles. The smallest absolute Gasteiger partial charge is 0.241 e. The Balaban J connectivity index is 1.55. The van der Waals surface area contributed by atoms with Gasteiger partial charge >= 0.3 is 0 Å². The molecular weight excluding hydrogens is 350 g/mol. The van der Waals surface area contributed by atoms with Crippen molar-refractivity contribution in [2.45, 2.75) is 43.5 Å². The van der Waals surface area contributed by atoms with Crippen molar-refractivity contribution >= 4 is 10.0 Å². The average molecular weight is 373 g/mol. The van der Waals surface area contributed by atoms with Gasteiger partial charge in [0.15, 0.2) is 11.5 Å². The minimum Gasteiger partial charge on any atom is -0.486 e. The van der Waals surface area contributed by atoms with Crippen molar-refractivity contribution in [1.82, 2.24) is 4.72 Å². The summed E-state index contributed by atoms with van der Waals surface area (Å²) in [6.45, 7) is 2.78. The number of aryl methyl sites for hydroxylation is 2. The molecular formula is C20H23NO4S. The van der Waals surface area contributed by atoms with Crippen molar-refractivity contribution in [2.24, 2.45) is 0 Å². The number of nitrogens with one attached hydrogen (secondary N) is 1. The zero-order valence-electron chi connectivity index (χ0n) is 14.8. The van der Waals surface area contributed by atoms with Crippen LogP contribution in [0.4, 0.5) is 0 Å². The van der Waals surface area contributed by atoms with Gasteiger partial charge in [-0.1, -0.05) is 18.2 Å². The molecule has 0 saturated heterocycles. The highest BCUT2D eigenvalue weighted by Gasteiger charge is 2.22. The zero-order valence-corrected chi connectivity index (χ0v) is 15.6. The van der Waals surface area contributed by atoms with E-state index in [1.54, 1.807) is 12.1 Å². The molecule has 138 valence electrons. The quantitative estimate of drug-likeness (QED) is 0.892. The van der Waals surface area contributed by atoms with Crippen LogP contribution in [0.5, 0.6) is 11.5 Å². The molecule has 0 saturated carbocycles. The maximum absolute atomic E-state index is 12.8. The highest BCUT2D eigenvalue weighted by atomic mass is 32.2. The van der Waals surface area contributed by atoms with E-state index in [4.69, 9.17) is 9.47 Å². The van der Waals surface area contributed by atoms with Crippen LogP contribution in [0.2, 0.25) is 0 Å². The lowest BCUT2D eigenvalue weighted by Gasteiger charge is -2.21. The summed E-state index contributed by atoms with van der Waals surface area (Å²) in [6, 6.07) is 10.7. The van der Waals surface area contributed by atoms with Crippen LogP contribution in [0.25, 0.3) is 0 Å². The topological polar surface area (TPSA) is 64.6 Å². The molecule has 0 spiro atoms. The summed E-state index contributed by atoms with van der Waals surface area (Å²) in [5.74, 6) is 1.05. The van der Waals surface area contributed by atoms with Gasteiger partial charge in [-0.2, -0.15) is 0 Å². The molecule has 0 aromatic heterocycles. The second kappa shape index (κ2) is 6.93. The molecule has 2 aliphatic rings. The number of fused-ring (bicyclic) bond motifs is 2. The molecule has 26 heavy (non-hydrogen) atoms. The van der Waals surface area contributed by atoms with Crippen LogP contribution >= 0.6 is 0 Å². The maximum atomic E-state index is 12.8. The van der Waals surface area contributed by atoms with E-state index in [0.717, 1.165) is 18.4 Å². The minimum absolute atomic E-state index is 0.187. The molecule has 0 radical (unpaired) electrons. The third-order valence-corrected chi connectivity index (χ3v) is 6.57. The summed E-state index contributed by atoms with van der Waals surface area (Å²) < 4.78 is 39.3. The van der Waals surface area contributed by atoms with Crippen LogP contribution in [0.15, 0.2) is 41.3 Å². The maximum Gasteiger partial charge on any atom is 0.241 e. The van der Waals surface area contributed by atoms with Crippen molar-refractivity contribution in [3.8, 4) is 11.5 Å². The van der Waals surface area contributed by atoms with Crippen LogP contribution < -0.4 is 14.2 Å². The standard InChI is InChI=1S/C20H23NO4S/c1-14(16-7-6-15-4-2-3-5-17(15)12-16)21-26(22,23)18-8-9-19-20(13-18)25-11-10-24-19/h6-9,12-14,21H,2-5,10-11H2,1H3. The number of benzene rings is 2. The number of hydrogen-bond acceptors (Lipinski definition) is 4. The van der Waals surface area contributed by atoms with E-state index in [0.29, 0.717) is 24.7 Å². The Labute approximate surface area is 154 Å². The normalized spacial score (nSPS) is 17.4. The summed E-state index contributed by atoms with van der Waals surface area (Å²) in [4.78, 5) is 0.187. The molecule has 2 aromatic rings. The molecule has 0 fully saturated rings. The van der Waals surface area contributed by atoms with E-state index in [2.05, 4.69) is 16.9 Å². The minimum atomic E-state index is -3.65. The SMILES string of the molecule is CC(NS(=O)(=O)c1ccc2c(c1)OCCO2)c1ccc2c(c1)CCCC2. The van der Waals surface area contributed by atoms with E-state index in [-0.39, 0.29) is 10.9 Å². The van der Waals surface area contributed by atoms with E-state index in [1.165, 1.54) is 30.0 Å². The van der Waals surface area contributed by atoms with Gasteiger partial charge in [0.25, 0.3) is 0 Å². The summed E-state index contributed by atoms with van der Waals surface area (Å²) in [6.07, 6.45) is 4.63. The predicted octanol–water partition coefficient (Wildman–Crippen LogP) is 3.38. The Kier molecular flexibility index (Phi) is 4.63. The van der Waals surface area contributed by atoms with E-state index in [9.17, 15) is 8.42 Å². The summed E-state index contributed by atoms with van der Waals surface area (Å²) >= 11 is 0. The molecule has 1 N–H and O–H groups in total. The van der Waals surface area contributed by atoms with E-state index in [1.807, 2.05) is 13.0 Å². The highest BCUT2D eigenvalue weighted by Crippen LogP contribution is 2.33. The molecule has 6 heteroatoms. The lowest BCUT2D eigenvalue weighted by molar-refractivity contribution is 0.171. The van der Waals surface area contributed by atoms with Gasteiger partial charge in [0.2, 0.25) is 10.0 Å². The average Bonchev–Trinajstić information content (AvgIpc) is 2.67. The monoisotopic (exact) mass is 373 g/mol. The fourth-order valence-corrected chi connectivity index (χ4v) is 4.83. The molecule has 1 heterocycles. The first-order valence-corrected chi connectivity index (χ1v) is 10.5. The van der Waals surface area contributed by atoms with Gasteiger partial charge in [-0.15, -0.1) is 0 Å². The van der Waals surface area contributed by atoms with Gasteiger partial charge in [0, 0.05) is 12.1 Å². The molecule has 2 aromatic carbocycles. The molecule has 1 aliphatic heterocycles. The molecule has 1 unspecified atom stereocenters. The summed E-state index contributed by atoms with van der Waals surface area (Å²) in [5, 5.41) is 0. The van der Waals surface area contributed by atoms with Crippen molar-refractivity contribution in [2.75, 3.05) is 13.2 Å². The fraction of sp³-hybridized carbons (Fsp3) is 0.400. The van der Waals surface area contributed by atoms with Gasteiger partial charge in [-0.3, -0.25) is 0 Å². The number of ether oxygens (including phenoxy) is 2. The largest absolute Gasteiger partial charge is 0.486 e. The van der Waals surface area contributed by atoms with Gasteiger partial charge in [0.1, 0.15) is 13.2 Å². The molecule has 0 amide bonds. The third-order valence-electron chi connectivity index (χ3n) is 5.03. The Bertz CT molecular complexity index is 923. The number of sulfonamides is 1. The number of hydrogen-bond donors (Lipinski definition) is 1. The van der Waals surface area contributed by atoms with Gasteiger partial charge in [0.05, 0.1) is 4.90 Å². The second-order valence-electron chi connectivity index (χ2n) is 6.88. The van der Waals surface area contributed by atoms with Crippen LogP contribution in [0, 0.1) is 0 Å².